The van der Waals surface area contributed by atoms with Crippen LogP contribution in [0.1, 0.15) is 12.5 Å². The largest absolute Gasteiger partial charge is 0.375 e. The zero-order chi connectivity index (χ0) is 13.1. The molecule has 1 aliphatic rings. The summed E-state index contributed by atoms with van der Waals surface area (Å²) >= 11 is 5.71. The highest BCUT2D eigenvalue weighted by atomic mass is 35.5. The van der Waals surface area contributed by atoms with Gasteiger partial charge in [-0.05, 0) is 18.6 Å². The van der Waals surface area contributed by atoms with E-state index in [4.69, 9.17) is 16.3 Å². The highest BCUT2D eigenvalue weighted by Crippen LogP contribution is 2.30. The minimum absolute atomic E-state index is 0.0889. The predicted octanol–water partition coefficient (Wildman–Crippen LogP) is 2.56. The van der Waals surface area contributed by atoms with Gasteiger partial charge in [-0.2, -0.15) is 0 Å². The van der Waals surface area contributed by atoms with Gasteiger partial charge in [-0.25, -0.2) is 0 Å². The number of halogens is 1. The molecular formula is C12H15ClN2O3. The molecule has 1 fully saturated rings. The normalized spacial score (nSPS) is 19.9. The number of hydrogen-bond acceptors (Lipinski definition) is 4. The monoisotopic (exact) mass is 270 g/mol. The molecule has 0 amide bonds. The summed E-state index contributed by atoms with van der Waals surface area (Å²) in [5.74, 6) is 0.278. The number of ether oxygens (including phenoxy) is 1. The van der Waals surface area contributed by atoms with Gasteiger partial charge in [0.25, 0.3) is 5.69 Å². The van der Waals surface area contributed by atoms with Crippen LogP contribution in [0.5, 0.6) is 0 Å². The Morgan fingerprint density at radius 2 is 2.39 bits per heavy atom. The fraction of sp³-hybridized carbons (Fsp3) is 0.500. The van der Waals surface area contributed by atoms with Crippen LogP contribution >= 0.6 is 11.6 Å². The smallest absolute Gasteiger partial charge is 0.292 e. The van der Waals surface area contributed by atoms with E-state index >= 15 is 0 Å². The van der Waals surface area contributed by atoms with Crippen LogP contribution in [-0.4, -0.2) is 30.7 Å². The summed E-state index contributed by atoms with van der Waals surface area (Å²) < 4.78 is 5.44. The molecule has 98 valence electrons. The van der Waals surface area contributed by atoms with Crippen molar-refractivity contribution < 1.29 is 9.66 Å². The van der Waals surface area contributed by atoms with E-state index < -0.39 is 0 Å². The Labute approximate surface area is 110 Å². The van der Waals surface area contributed by atoms with Gasteiger partial charge < -0.3 is 9.64 Å². The van der Waals surface area contributed by atoms with Crippen molar-refractivity contribution in [1.82, 2.24) is 0 Å². The molecule has 5 nitrogen and oxygen atoms in total. The highest BCUT2D eigenvalue weighted by molar-refractivity contribution is 6.17. The third-order valence-electron chi connectivity index (χ3n) is 2.97. The summed E-state index contributed by atoms with van der Waals surface area (Å²) in [6, 6.07) is 5.14. The zero-order valence-electron chi connectivity index (χ0n) is 10.1. The maximum atomic E-state index is 11.1. The van der Waals surface area contributed by atoms with E-state index in [-0.39, 0.29) is 22.6 Å². The summed E-state index contributed by atoms with van der Waals surface area (Å²) in [4.78, 5) is 12.8. The van der Waals surface area contributed by atoms with Crippen molar-refractivity contribution in [3.8, 4) is 0 Å². The zero-order valence-corrected chi connectivity index (χ0v) is 10.9. The second kappa shape index (κ2) is 5.54. The summed E-state index contributed by atoms with van der Waals surface area (Å²) in [7, 11) is 0. The number of nitro benzene ring substituents is 1. The molecule has 1 saturated heterocycles. The molecule has 1 unspecified atom stereocenters. The number of anilines is 1. The van der Waals surface area contributed by atoms with Crippen LogP contribution in [0.4, 0.5) is 11.4 Å². The molecule has 0 aliphatic carbocycles. The Morgan fingerprint density at radius 3 is 3.00 bits per heavy atom. The number of benzene rings is 1. The Kier molecular flexibility index (Phi) is 4.04. The molecule has 6 heteroatoms. The minimum Gasteiger partial charge on any atom is -0.375 e. The lowest BCUT2D eigenvalue weighted by Gasteiger charge is -2.32. The molecule has 0 saturated carbocycles. The maximum Gasteiger partial charge on any atom is 0.292 e. The first-order valence-corrected chi connectivity index (χ1v) is 6.35. The molecule has 1 aromatic carbocycles. The molecule has 1 heterocycles. The predicted molar refractivity (Wildman–Crippen MR) is 70.3 cm³/mol. The van der Waals surface area contributed by atoms with E-state index in [1.54, 1.807) is 12.1 Å². The van der Waals surface area contributed by atoms with E-state index in [0.29, 0.717) is 25.4 Å². The summed E-state index contributed by atoms with van der Waals surface area (Å²) in [6.45, 7) is 3.90. The Balaban J connectivity index is 2.33. The minimum atomic E-state index is -0.356. The first-order valence-electron chi connectivity index (χ1n) is 5.81. The van der Waals surface area contributed by atoms with Gasteiger partial charge in [0, 0.05) is 25.0 Å². The Bertz CT molecular complexity index is 453. The Hall–Kier alpha value is -1.33. The average Bonchev–Trinajstić information content (AvgIpc) is 2.38. The third kappa shape index (κ3) is 2.73. The molecule has 0 bridgehead atoms. The molecule has 0 spiro atoms. The Morgan fingerprint density at radius 1 is 1.61 bits per heavy atom. The maximum absolute atomic E-state index is 11.1. The molecule has 0 aromatic heterocycles. The standard InChI is InChI=1S/C12H15ClN2O3/c1-9-8-14(4-5-18-9)11-3-2-10(7-13)6-12(11)15(16)17/h2-3,6,9H,4-5,7-8H2,1H3. The van der Waals surface area contributed by atoms with Crippen LogP contribution < -0.4 is 4.90 Å². The molecular weight excluding hydrogens is 256 g/mol. The summed E-state index contributed by atoms with van der Waals surface area (Å²) in [6.07, 6.45) is 0.0889. The van der Waals surface area contributed by atoms with Gasteiger partial charge in [0.15, 0.2) is 0 Å². The van der Waals surface area contributed by atoms with Crippen molar-refractivity contribution in [3.05, 3.63) is 33.9 Å². The van der Waals surface area contributed by atoms with Gasteiger partial charge in [-0.3, -0.25) is 10.1 Å². The molecule has 0 N–H and O–H groups in total. The van der Waals surface area contributed by atoms with Crippen LogP contribution in [0.25, 0.3) is 0 Å². The molecule has 18 heavy (non-hydrogen) atoms. The lowest BCUT2D eigenvalue weighted by Crippen LogP contribution is -2.41. The second-order valence-corrected chi connectivity index (χ2v) is 4.61. The van der Waals surface area contributed by atoms with Crippen LogP contribution in [0.15, 0.2) is 18.2 Å². The molecule has 1 atom stereocenters. The van der Waals surface area contributed by atoms with Gasteiger partial charge in [-0.15, -0.1) is 11.6 Å². The lowest BCUT2D eigenvalue weighted by molar-refractivity contribution is -0.384. The van der Waals surface area contributed by atoms with E-state index in [1.807, 2.05) is 17.9 Å². The summed E-state index contributed by atoms with van der Waals surface area (Å²) in [5, 5.41) is 11.1. The average molecular weight is 271 g/mol. The third-order valence-corrected chi connectivity index (χ3v) is 3.28. The van der Waals surface area contributed by atoms with Crippen molar-refractivity contribution in [2.24, 2.45) is 0 Å². The highest BCUT2D eigenvalue weighted by Gasteiger charge is 2.24. The number of alkyl halides is 1. The van der Waals surface area contributed by atoms with Gasteiger partial charge in [-0.1, -0.05) is 6.07 Å². The van der Waals surface area contributed by atoms with E-state index in [1.165, 1.54) is 0 Å². The van der Waals surface area contributed by atoms with E-state index in [2.05, 4.69) is 0 Å². The van der Waals surface area contributed by atoms with Crippen LogP contribution in [0, 0.1) is 10.1 Å². The fourth-order valence-corrected chi connectivity index (χ4v) is 2.27. The van der Waals surface area contributed by atoms with Gasteiger partial charge in [0.1, 0.15) is 5.69 Å². The number of nitro groups is 1. The topological polar surface area (TPSA) is 55.6 Å². The van der Waals surface area contributed by atoms with Crippen LogP contribution in [0.2, 0.25) is 0 Å². The summed E-state index contributed by atoms with van der Waals surface area (Å²) in [5.41, 5.74) is 1.51. The molecule has 1 aromatic rings. The van der Waals surface area contributed by atoms with Crippen LogP contribution in [-0.2, 0) is 10.6 Å². The second-order valence-electron chi connectivity index (χ2n) is 4.34. The number of nitrogens with zero attached hydrogens (tertiary/aromatic N) is 2. The van der Waals surface area contributed by atoms with Crippen molar-refractivity contribution in [2.45, 2.75) is 18.9 Å². The number of rotatable bonds is 3. The molecule has 2 rings (SSSR count). The SMILES string of the molecule is CC1CN(c2ccc(CCl)cc2[N+](=O)[O-])CCO1. The van der Waals surface area contributed by atoms with Crippen molar-refractivity contribution in [1.29, 1.82) is 0 Å². The quantitative estimate of drug-likeness (QED) is 0.481. The first kappa shape index (κ1) is 13.1. The van der Waals surface area contributed by atoms with Crippen LogP contribution in [0.3, 0.4) is 0 Å². The van der Waals surface area contributed by atoms with Crippen molar-refractivity contribution in [2.75, 3.05) is 24.6 Å². The van der Waals surface area contributed by atoms with E-state index in [9.17, 15) is 10.1 Å². The first-order chi connectivity index (χ1) is 8.61. The van der Waals surface area contributed by atoms with Gasteiger partial charge >= 0.3 is 0 Å². The lowest BCUT2D eigenvalue weighted by atomic mass is 10.1. The number of hydrogen-bond donors (Lipinski definition) is 0. The fourth-order valence-electron chi connectivity index (χ4n) is 2.10. The number of morpholine rings is 1. The van der Waals surface area contributed by atoms with E-state index in [0.717, 1.165) is 5.56 Å². The van der Waals surface area contributed by atoms with Gasteiger partial charge in [0.2, 0.25) is 0 Å². The molecule has 1 aliphatic heterocycles. The van der Waals surface area contributed by atoms with Gasteiger partial charge in [0.05, 0.1) is 17.6 Å². The van der Waals surface area contributed by atoms with Crippen molar-refractivity contribution >= 4 is 23.0 Å². The van der Waals surface area contributed by atoms with Crippen molar-refractivity contribution in [3.63, 3.8) is 0 Å². The molecule has 0 radical (unpaired) electrons.